The molecule has 0 heterocycles. The van der Waals surface area contributed by atoms with Crippen LogP contribution < -0.4 is 10.2 Å². The summed E-state index contributed by atoms with van der Waals surface area (Å²) in [5.41, 5.74) is 3.90. The van der Waals surface area contributed by atoms with E-state index in [0.717, 1.165) is 20.8 Å². The Balaban J connectivity index is 1.46. The first-order valence-corrected chi connectivity index (χ1v) is 10.9. The molecule has 4 rings (SSSR count). The third-order valence-corrected chi connectivity index (χ3v) is 5.48. The minimum Gasteiger partial charge on any atom is -0.507 e. The third kappa shape index (κ3) is 5.38. The minimum absolute atomic E-state index is 0.00778. The van der Waals surface area contributed by atoms with E-state index in [-0.39, 0.29) is 23.6 Å². The van der Waals surface area contributed by atoms with Gasteiger partial charge in [-0.25, -0.2) is 5.43 Å². The summed E-state index contributed by atoms with van der Waals surface area (Å²) < 4.78 is 6.64. The lowest BCUT2D eigenvalue weighted by atomic mass is 10.1. The number of amides is 1. The van der Waals surface area contributed by atoms with E-state index >= 15 is 0 Å². The van der Waals surface area contributed by atoms with Crippen molar-refractivity contribution in [1.82, 2.24) is 5.43 Å². The molecule has 0 radical (unpaired) electrons. The van der Waals surface area contributed by atoms with Crippen molar-refractivity contribution in [3.05, 3.63) is 110 Å². The van der Waals surface area contributed by atoms with Crippen molar-refractivity contribution in [3.8, 4) is 11.5 Å². The zero-order valence-corrected chi connectivity index (χ0v) is 19.2. The molecule has 4 aromatic rings. The highest BCUT2D eigenvalue weighted by Gasteiger charge is 2.12. The number of nitro benzene ring substituents is 1. The van der Waals surface area contributed by atoms with Crippen LogP contribution in [0.3, 0.4) is 0 Å². The Morgan fingerprint density at radius 3 is 2.47 bits per heavy atom. The molecule has 0 fully saturated rings. The van der Waals surface area contributed by atoms with Crippen LogP contribution in [0.4, 0.5) is 5.69 Å². The number of nitro groups is 1. The molecular weight excluding hydrogens is 502 g/mol. The summed E-state index contributed by atoms with van der Waals surface area (Å²) in [4.78, 5) is 22.9. The van der Waals surface area contributed by atoms with E-state index in [0.29, 0.717) is 11.3 Å². The second-order valence-corrected chi connectivity index (χ2v) is 8.23. The second-order valence-electron chi connectivity index (χ2n) is 7.31. The smallest absolute Gasteiger partial charge is 0.275 e. The van der Waals surface area contributed by atoms with E-state index in [1.54, 1.807) is 36.4 Å². The maximum absolute atomic E-state index is 12.6. The van der Waals surface area contributed by atoms with Gasteiger partial charge >= 0.3 is 0 Å². The Bertz CT molecular complexity index is 1400. The van der Waals surface area contributed by atoms with Crippen molar-refractivity contribution in [3.63, 3.8) is 0 Å². The zero-order valence-electron chi connectivity index (χ0n) is 17.6. The molecule has 0 aliphatic rings. The topological polar surface area (TPSA) is 114 Å². The lowest BCUT2D eigenvalue weighted by Gasteiger charge is -2.10. The Morgan fingerprint density at radius 1 is 1.06 bits per heavy atom. The number of carbonyl (C=O) groups excluding carboxylic acids is 1. The SMILES string of the molecule is O=C(NN=Cc1cc(Br)ccc1OCc1ccc([N+](=O)[O-])cc1)c1cc2ccccc2cc1O. The van der Waals surface area contributed by atoms with Gasteiger partial charge in [-0.2, -0.15) is 5.10 Å². The number of carbonyl (C=O) groups is 1. The highest BCUT2D eigenvalue weighted by Crippen LogP contribution is 2.25. The Hall–Kier alpha value is -4.24. The molecule has 0 atom stereocenters. The molecular formula is C25H18BrN3O5. The van der Waals surface area contributed by atoms with E-state index < -0.39 is 10.8 Å². The highest BCUT2D eigenvalue weighted by molar-refractivity contribution is 9.10. The normalized spacial score (nSPS) is 11.0. The molecule has 0 spiro atoms. The fraction of sp³-hybridized carbons (Fsp3) is 0.0400. The van der Waals surface area contributed by atoms with Gasteiger partial charge < -0.3 is 9.84 Å². The Labute approximate surface area is 202 Å². The predicted octanol–water partition coefficient (Wildman–Crippen LogP) is 5.56. The van der Waals surface area contributed by atoms with Crippen LogP contribution in [0.5, 0.6) is 11.5 Å². The number of hydrazone groups is 1. The van der Waals surface area contributed by atoms with Gasteiger partial charge in [0.1, 0.15) is 18.1 Å². The number of fused-ring (bicyclic) bond motifs is 1. The summed E-state index contributed by atoms with van der Waals surface area (Å²) in [6.45, 7) is 0.192. The molecule has 1 amide bonds. The van der Waals surface area contributed by atoms with Crippen LogP contribution in [0, 0.1) is 10.1 Å². The van der Waals surface area contributed by atoms with E-state index in [1.165, 1.54) is 24.4 Å². The van der Waals surface area contributed by atoms with Crippen molar-refractivity contribution >= 4 is 44.5 Å². The summed E-state index contributed by atoms with van der Waals surface area (Å²) >= 11 is 3.40. The van der Waals surface area contributed by atoms with E-state index in [4.69, 9.17) is 4.74 Å². The fourth-order valence-electron chi connectivity index (χ4n) is 3.26. The van der Waals surface area contributed by atoms with Gasteiger partial charge in [-0.15, -0.1) is 0 Å². The minimum atomic E-state index is -0.553. The average molecular weight is 520 g/mol. The summed E-state index contributed by atoms with van der Waals surface area (Å²) in [7, 11) is 0. The average Bonchev–Trinajstić information content (AvgIpc) is 2.83. The number of hydrogen-bond acceptors (Lipinski definition) is 6. The summed E-state index contributed by atoms with van der Waals surface area (Å²) in [6.07, 6.45) is 1.44. The Morgan fingerprint density at radius 2 is 1.76 bits per heavy atom. The number of halogens is 1. The van der Waals surface area contributed by atoms with Crippen LogP contribution >= 0.6 is 15.9 Å². The number of phenols is 1. The lowest BCUT2D eigenvalue weighted by molar-refractivity contribution is -0.384. The number of phenolic OH excluding ortho intramolecular Hbond substituents is 1. The number of ether oxygens (including phenoxy) is 1. The van der Waals surface area contributed by atoms with Crippen LogP contribution in [0.25, 0.3) is 10.8 Å². The molecule has 34 heavy (non-hydrogen) atoms. The van der Waals surface area contributed by atoms with Crippen LogP contribution in [-0.4, -0.2) is 22.2 Å². The Kier molecular flexibility index (Phi) is 6.84. The number of aromatic hydroxyl groups is 1. The van der Waals surface area contributed by atoms with E-state index in [2.05, 4.69) is 26.5 Å². The molecule has 0 aromatic heterocycles. The maximum Gasteiger partial charge on any atom is 0.275 e. The van der Waals surface area contributed by atoms with Gasteiger partial charge in [0.25, 0.3) is 11.6 Å². The number of nitrogens with one attached hydrogen (secondary N) is 1. The predicted molar refractivity (Wildman–Crippen MR) is 132 cm³/mol. The second kappa shape index (κ2) is 10.1. The quantitative estimate of drug-likeness (QED) is 0.188. The molecule has 2 N–H and O–H groups in total. The fourth-order valence-corrected chi connectivity index (χ4v) is 3.64. The van der Waals surface area contributed by atoms with Crippen molar-refractivity contribution in [2.75, 3.05) is 0 Å². The number of rotatable bonds is 7. The van der Waals surface area contributed by atoms with Crippen molar-refractivity contribution in [1.29, 1.82) is 0 Å². The van der Waals surface area contributed by atoms with Gasteiger partial charge in [0.15, 0.2) is 0 Å². The number of benzene rings is 4. The number of non-ortho nitro benzene ring substituents is 1. The molecule has 9 heteroatoms. The summed E-state index contributed by atoms with van der Waals surface area (Å²) in [5.74, 6) is -0.183. The molecule has 0 unspecified atom stereocenters. The standard InChI is InChI=1S/C25H18BrN3O5/c26-20-7-10-24(34-15-16-5-8-21(9-6-16)29(32)33)19(11-20)14-27-28-25(31)22-12-17-3-1-2-4-18(17)13-23(22)30/h1-14,30H,15H2,(H,28,31). The molecule has 170 valence electrons. The molecule has 0 aliphatic carbocycles. The molecule has 0 aliphatic heterocycles. The number of hydrogen-bond donors (Lipinski definition) is 2. The van der Waals surface area contributed by atoms with Crippen LogP contribution in [-0.2, 0) is 6.61 Å². The summed E-state index contributed by atoms with van der Waals surface area (Å²) in [6, 6.07) is 21.9. The lowest BCUT2D eigenvalue weighted by Crippen LogP contribution is -2.17. The highest BCUT2D eigenvalue weighted by atomic mass is 79.9. The molecule has 0 saturated heterocycles. The van der Waals surface area contributed by atoms with Gasteiger partial charge in [0.05, 0.1) is 16.7 Å². The molecule has 4 aromatic carbocycles. The molecule has 0 bridgehead atoms. The van der Waals surface area contributed by atoms with Gasteiger partial charge in [-0.3, -0.25) is 14.9 Å². The van der Waals surface area contributed by atoms with Gasteiger partial charge in [0, 0.05) is 22.2 Å². The monoisotopic (exact) mass is 519 g/mol. The molecule has 0 saturated carbocycles. The first-order valence-electron chi connectivity index (χ1n) is 10.1. The van der Waals surface area contributed by atoms with E-state index in [9.17, 15) is 20.0 Å². The third-order valence-electron chi connectivity index (χ3n) is 4.99. The number of nitrogens with zero attached hydrogens (tertiary/aromatic N) is 2. The first kappa shape index (κ1) is 22.9. The van der Waals surface area contributed by atoms with E-state index in [1.807, 2.05) is 24.3 Å². The van der Waals surface area contributed by atoms with Crippen LogP contribution in [0.2, 0.25) is 0 Å². The summed E-state index contributed by atoms with van der Waals surface area (Å²) in [5, 5.41) is 26.7. The van der Waals surface area contributed by atoms with Crippen molar-refractivity contribution in [2.24, 2.45) is 5.10 Å². The molecule has 8 nitrogen and oxygen atoms in total. The van der Waals surface area contributed by atoms with Crippen molar-refractivity contribution in [2.45, 2.75) is 6.61 Å². The van der Waals surface area contributed by atoms with Crippen molar-refractivity contribution < 1.29 is 19.6 Å². The first-order chi connectivity index (χ1) is 16.4. The van der Waals surface area contributed by atoms with Gasteiger partial charge in [0.2, 0.25) is 0 Å². The maximum atomic E-state index is 12.6. The van der Waals surface area contributed by atoms with Crippen LogP contribution in [0.1, 0.15) is 21.5 Å². The largest absolute Gasteiger partial charge is 0.507 e. The van der Waals surface area contributed by atoms with Crippen LogP contribution in [0.15, 0.2) is 88.4 Å². The van der Waals surface area contributed by atoms with Gasteiger partial charge in [-0.05, 0) is 58.8 Å². The van der Waals surface area contributed by atoms with Gasteiger partial charge in [-0.1, -0.05) is 40.2 Å². The zero-order chi connectivity index (χ0) is 24.1.